The van der Waals surface area contributed by atoms with Crippen LogP contribution in [-0.2, 0) is 30.4 Å². The van der Waals surface area contributed by atoms with Gasteiger partial charge < -0.3 is 14.2 Å². The van der Waals surface area contributed by atoms with Crippen LogP contribution in [0.25, 0.3) is 0 Å². The molecule has 0 N–H and O–H groups in total. The molecule has 1 heterocycles. The summed E-state index contributed by atoms with van der Waals surface area (Å²) in [6, 6.07) is 9.64. The van der Waals surface area contributed by atoms with Gasteiger partial charge in [0, 0.05) is 18.3 Å². The number of ketones is 1. The van der Waals surface area contributed by atoms with Gasteiger partial charge in [-0.15, -0.1) is 0 Å². The molecule has 140 valence electrons. The third-order valence-electron chi connectivity index (χ3n) is 6.50. The van der Waals surface area contributed by atoms with Crippen LogP contribution in [0.5, 0.6) is 0 Å². The number of Topliss-reactive ketones (excluding diaryl/α,β-unsaturated/α-hetero) is 1. The van der Waals surface area contributed by atoms with E-state index in [9.17, 15) is 9.59 Å². The van der Waals surface area contributed by atoms with Crippen molar-refractivity contribution in [2.45, 2.75) is 51.4 Å². The molecule has 1 unspecified atom stereocenters. The molecule has 2 aliphatic carbocycles. The van der Waals surface area contributed by atoms with Gasteiger partial charge >= 0.3 is 5.97 Å². The highest BCUT2D eigenvalue weighted by molar-refractivity contribution is 5.87. The van der Waals surface area contributed by atoms with Gasteiger partial charge in [-0.05, 0) is 30.7 Å². The molecule has 2 saturated carbocycles. The van der Waals surface area contributed by atoms with Gasteiger partial charge in [0.15, 0.2) is 5.79 Å². The Hall–Kier alpha value is -1.72. The topological polar surface area (TPSA) is 61.8 Å². The first kappa shape index (κ1) is 17.7. The van der Waals surface area contributed by atoms with E-state index in [-0.39, 0.29) is 24.3 Å². The molecule has 3 atom stereocenters. The SMILES string of the molecule is C[C@]12CCC3(OCCO3)C(C(=O)OCc3ccccc3)[C@@H]1CCCC2=O. The van der Waals surface area contributed by atoms with Crippen LogP contribution in [0.4, 0.5) is 0 Å². The number of carbonyl (C=O) groups is 2. The zero-order valence-corrected chi connectivity index (χ0v) is 15.2. The molecule has 0 bridgehead atoms. The Morgan fingerprint density at radius 2 is 1.92 bits per heavy atom. The summed E-state index contributed by atoms with van der Waals surface area (Å²) in [5.74, 6) is -1.59. The largest absolute Gasteiger partial charge is 0.460 e. The molecule has 4 rings (SSSR count). The van der Waals surface area contributed by atoms with E-state index in [4.69, 9.17) is 14.2 Å². The molecule has 1 aliphatic heterocycles. The highest BCUT2D eigenvalue weighted by Crippen LogP contribution is 2.56. The summed E-state index contributed by atoms with van der Waals surface area (Å²) in [7, 11) is 0. The lowest BCUT2D eigenvalue weighted by Crippen LogP contribution is -2.59. The minimum Gasteiger partial charge on any atom is -0.460 e. The smallest absolute Gasteiger partial charge is 0.315 e. The molecular weight excluding hydrogens is 332 g/mol. The predicted molar refractivity (Wildman–Crippen MR) is 94.1 cm³/mol. The second kappa shape index (κ2) is 6.78. The van der Waals surface area contributed by atoms with Gasteiger partial charge in [-0.25, -0.2) is 0 Å². The second-order valence-corrected chi connectivity index (χ2v) is 7.92. The van der Waals surface area contributed by atoms with E-state index in [0.29, 0.717) is 32.5 Å². The molecule has 0 aromatic heterocycles. The van der Waals surface area contributed by atoms with Gasteiger partial charge in [-0.3, -0.25) is 9.59 Å². The number of esters is 1. The van der Waals surface area contributed by atoms with Crippen LogP contribution in [0, 0.1) is 17.3 Å². The second-order valence-electron chi connectivity index (χ2n) is 7.92. The number of benzene rings is 1. The Bertz CT molecular complexity index is 679. The standard InChI is InChI=1S/C21H26O5/c1-20-10-11-21(25-12-13-26-21)18(16(20)8-5-9-17(20)22)19(23)24-14-15-6-3-2-4-7-15/h2-4,6-7,16,18H,5,8-14H2,1H3/t16-,18?,20-/m0/s1. The minimum absolute atomic E-state index is 0.0844. The van der Waals surface area contributed by atoms with Crippen LogP contribution in [0.1, 0.15) is 44.6 Å². The Balaban J connectivity index is 1.59. The van der Waals surface area contributed by atoms with E-state index in [0.717, 1.165) is 18.4 Å². The monoisotopic (exact) mass is 358 g/mol. The molecular formula is C21H26O5. The number of carbonyl (C=O) groups excluding carboxylic acids is 2. The first-order valence-corrected chi connectivity index (χ1v) is 9.57. The van der Waals surface area contributed by atoms with Crippen molar-refractivity contribution in [2.24, 2.45) is 17.3 Å². The minimum atomic E-state index is -0.921. The number of hydrogen-bond donors (Lipinski definition) is 0. The average Bonchev–Trinajstić information content (AvgIpc) is 3.12. The molecule has 26 heavy (non-hydrogen) atoms. The Labute approximate surface area is 154 Å². The Morgan fingerprint density at radius 1 is 1.19 bits per heavy atom. The maximum absolute atomic E-state index is 13.1. The summed E-state index contributed by atoms with van der Waals surface area (Å²) in [6.07, 6.45) is 3.53. The fourth-order valence-electron chi connectivity index (χ4n) is 5.01. The molecule has 3 fully saturated rings. The van der Waals surface area contributed by atoms with Crippen LogP contribution < -0.4 is 0 Å². The van der Waals surface area contributed by atoms with E-state index in [1.165, 1.54) is 0 Å². The van der Waals surface area contributed by atoms with Crippen LogP contribution in [-0.4, -0.2) is 30.8 Å². The molecule has 5 nitrogen and oxygen atoms in total. The van der Waals surface area contributed by atoms with Crippen molar-refractivity contribution in [3.8, 4) is 0 Å². The maximum Gasteiger partial charge on any atom is 0.315 e. The van der Waals surface area contributed by atoms with Crippen LogP contribution in [0.15, 0.2) is 30.3 Å². The first-order valence-electron chi connectivity index (χ1n) is 9.57. The lowest BCUT2D eigenvalue weighted by atomic mass is 9.54. The zero-order valence-electron chi connectivity index (χ0n) is 15.2. The summed E-state index contributed by atoms with van der Waals surface area (Å²) in [4.78, 5) is 25.8. The lowest BCUT2D eigenvalue weighted by Gasteiger charge is -2.52. The van der Waals surface area contributed by atoms with Crippen molar-refractivity contribution < 1.29 is 23.8 Å². The van der Waals surface area contributed by atoms with E-state index < -0.39 is 17.1 Å². The number of rotatable bonds is 3. The third kappa shape index (κ3) is 2.87. The number of ether oxygens (including phenoxy) is 3. The van der Waals surface area contributed by atoms with E-state index in [1.54, 1.807) is 0 Å². The summed E-state index contributed by atoms with van der Waals surface area (Å²) in [6.45, 7) is 3.21. The highest BCUT2D eigenvalue weighted by atomic mass is 16.7. The van der Waals surface area contributed by atoms with E-state index >= 15 is 0 Å². The van der Waals surface area contributed by atoms with Crippen molar-refractivity contribution in [1.82, 2.24) is 0 Å². The molecule has 5 heteroatoms. The Morgan fingerprint density at radius 3 is 2.65 bits per heavy atom. The fraction of sp³-hybridized carbons (Fsp3) is 0.619. The first-order chi connectivity index (χ1) is 12.6. The van der Waals surface area contributed by atoms with Crippen molar-refractivity contribution in [1.29, 1.82) is 0 Å². The average molecular weight is 358 g/mol. The summed E-state index contributed by atoms with van der Waals surface area (Å²) in [5, 5.41) is 0. The third-order valence-corrected chi connectivity index (χ3v) is 6.50. The Kier molecular flexibility index (Phi) is 4.61. The van der Waals surface area contributed by atoms with Crippen molar-refractivity contribution in [2.75, 3.05) is 13.2 Å². The summed E-state index contributed by atoms with van der Waals surface area (Å²) < 4.78 is 17.6. The quantitative estimate of drug-likeness (QED) is 0.776. The number of fused-ring (bicyclic) bond motifs is 1. The number of hydrogen-bond acceptors (Lipinski definition) is 5. The van der Waals surface area contributed by atoms with Crippen LogP contribution in [0.3, 0.4) is 0 Å². The van der Waals surface area contributed by atoms with E-state index in [2.05, 4.69) is 0 Å². The van der Waals surface area contributed by atoms with Gasteiger partial charge in [0.1, 0.15) is 18.3 Å². The molecule has 1 aromatic rings. The lowest BCUT2D eigenvalue weighted by molar-refractivity contribution is -0.251. The van der Waals surface area contributed by atoms with Gasteiger partial charge in [-0.2, -0.15) is 0 Å². The zero-order chi connectivity index (χ0) is 18.2. The molecule has 0 amide bonds. The summed E-state index contributed by atoms with van der Waals surface area (Å²) in [5.41, 5.74) is 0.469. The van der Waals surface area contributed by atoms with Crippen LogP contribution in [0.2, 0.25) is 0 Å². The molecule has 1 spiro atoms. The van der Waals surface area contributed by atoms with E-state index in [1.807, 2.05) is 37.3 Å². The molecule has 3 aliphatic rings. The summed E-state index contributed by atoms with van der Waals surface area (Å²) >= 11 is 0. The molecule has 1 aromatic carbocycles. The van der Waals surface area contributed by atoms with Gasteiger partial charge in [0.05, 0.1) is 13.2 Å². The predicted octanol–water partition coefficient (Wildman–Crippen LogP) is 3.26. The van der Waals surface area contributed by atoms with Gasteiger partial charge in [-0.1, -0.05) is 37.3 Å². The fourth-order valence-corrected chi connectivity index (χ4v) is 5.01. The van der Waals surface area contributed by atoms with Crippen LogP contribution >= 0.6 is 0 Å². The van der Waals surface area contributed by atoms with Gasteiger partial charge in [0.25, 0.3) is 0 Å². The molecule has 1 saturated heterocycles. The highest BCUT2D eigenvalue weighted by Gasteiger charge is 2.63. The van der Waals surface area contributed by atoms with Crippen molar-refractivity contribution in [3.63, 3.8) is 0 Å². The van der Waals surface area contributed by atoms with Crippen molar-refractivity contribution in [3.05, 3.63) is 35.9 Å². The van der Waals surface area contributed by atoms with Crippen molar-refractivity contribution >= 4 is 11.8 Å². The van der Waals surface area contributed by atoms with Gasteiger partial charge in [0.2, 0.25) is 0 Å². The maximum atomic E-state index is 13.1. The molecule has 0 radical (unpaired) electrons. The normalized spacial score (nSPS) is 33.0.